The quantitative estimate of drug-likeness (QED) is 0.231. The Balaban J connectivity index is 1.53. The molecule has 0 aliphatic carbocycles. The number of rotatable bonds is 8. The summed E-state index contributed by atoms with van der Waals surface area (Å²) in [6.45, 7) is 4.26. The Bertz CT molecular complexity index is 1250. The first-order chi connectivity index (χ1) is 16.0. The van der Waals surface area contributed by atoms with Crippen molar-refractivity contribution in [1.29, 1.82) is 0 Å². The highest BCUT2D eigenvalue weighted by Crippen LogP contribution is 2.25. The van der Waals surface area contributed by atoms with E-state index in [0.717, 1.165) is 10.5 Å². The van der Waals surface area contributed by atoms with E-state index in [2.05, 4.69) is 49.6 Å². The minimum atomic E-state index is -0.505. The van der Waals surface area contributed by atoms with Gasteiger partial charge in [0.05, 0.1) is 11.9 Å². The standard InChI is InChI=1S/C22H22N8O2S/c1-14(2)16-10-8-15(9-11-16)12-24-26-22(31)19-18(13-33-17-6-4-3-5-7-17)30(29-25-19)21-20(23)27-32-28-21/h3-12,14H,13H2,1-2H3,(H2,23,27)(H,26,31). The van der Waals surface area contributed by atoms with Crippen molar-refractivity contribution < 1.29 is 9.42 Å². The largest absolute Gasteiger partial charge is 0.378 e. The summed E-state index contributed by atoms with van der Waals surface area (Å²) >= 11 is 1.51. The molecular formula is C22H22N8O2S. The Labute approximate surface area is 194 Å². The van der Waals surface area contributed by atoms with Crippen molar-refractivity contribution in [3.8, 4) is 5.82 Å². The maximum Gasteiger partial charge on any atom is 0.293 e. The number of thioether (sulfide) groups is 1. The molecule has 0 spiro atoms. The van der Waals surface area contributed by atoms with Gasteiger partial charge in [-0.25, -0.2) is 10.1 Å². The Morgan fingerprint density at radius 1 is 1.18 bits per heavy atom. The number of nitrogens with one attached hydrogen (secondary N) is 1. The second-order valence-electron chi connectivity index (χ2n) is 7.39. The van der Waals surface area contributed by atoms with Crippen molar-refractivity contribution in [2.75, 3.05) is 5.73 Å². The van der Waals surface area contributed by atoms with Gasteiger partial charge in [-0.15, -0.1) is 16.9 Å². The molecule has 4 rings (SSSR count). The lowest BCUT2D eigenvalue weighted by Crippen LogP contribution is -2.20. The molecule has 0 atom stereocenters. The summed E-state index contributed by atoms with van der Waals surface area (Å²) in [5.41, 5.74) is 11.0. The van der Waals surface area contributed by atoms with Crippen LogP contribution in [0, 0.1) is 0 Å². The number of hydrazone groups is 1. The van der Waals surface area contributed by atoms with Crippen LogP contribution in [0.3, 0.4) is 0 Å². The normalized spacial score (nSPS) is 11.4. The summed E-state index contributed by atoms with van der Waals surface area (Å²) in [4.78, 5) is 13.9. The fraction of sp³-hybridized carbons (Fsp3) is 0.182. The van der Waals surface area contributed by atoms with Crippen LogP contribution in [0.2, 0.25) is 0 Å². The molecule has 0 fully saturated rings. The van der Waals surface area contributed by atoms with Gasteiger partial charge in [-0.1, -0.05) is 61.5 Å². The highest BCUT2D eigenvalue weighted by Gasteiger charge is 2.24. The molecule has 10 nitrogen and oxygen atoms in total. The van der Waals surface area contributed by atoms with Gasteiger partial charge in [0.15, 0.2) is 5.69 Å². The molecule has 2 aromatic carbocycles. The first-order valence-corrected chi connectivity index (χ1v) is 11.2. The smallest absolute Gasteiger partial charge is 0.293 e. The number of aromatic nitrogens is 5. The van der Waals surface area contributed by atoms with Gasteiger partial charge >= 0.3 is 0 Å². The summed E-state index contributed by atoms with van der Waals surface area (Å²) < 4.78 is 6.03. The van der Waals surface area contributed by atoms with Crippen LogP contribution in [0.25, 0.3) is 5.82 Å². The molecule has 1 amide bonds. The zero-order valence-corrected chi connectivity index (χ0v) is 18.9. The number of nitrogens with two attached hydrogens (primary N) is 1. The van der Waals surface area contributed by atoms with E-state index in [1.807, 2.05) is 54.6 Å². The number of anilines is 1. The van der Waals surface area contributed by atoms with Crippen molar-refractivity contribution in [1.82, 2.24) is 30.7 Å². The molecule has 2 aromatic heterocycles. The van der Waals surface area contributed by atoms with Crippen LogP contribution >= 0.6 is 11.8 Å². The Morgan fingerprint density at radius 3 is 2.61 bits per heavy atom. The molecule has 2 heterocycles. The van der Waals surface area contributed by atoms with Crippen LogP contribution in [0.15, 0.2) is 69.2 Å². The number of nitrogens with zero attached hydrogens (tertiary/aromatic N) is 6. The van der Waals surface area contributed by atoms with Crippen LogP contribution in [0.1, 0.15) is 47.1 Å². The number of amides is 1. The highest BCUT2D eigenvalue weighted by atomic mass is 32.2. The number of carbonyl (C=O) groups is 1. The lowest BCUT2D eigenvalue weighted by molar-refractivity contribution is 0.0949. The molecule has 0 aliphatic heterocycles. The van der Waals surface area contributed by atoms with Crippen LogP contribution in [-0.2, 0) is 5.75 Å². The molecule has 0 unspecified atom stereocenters. The third-order valence-corrected chi connectivity index (χ3v) is 5.80. The Morgan fingerprint density at radius 2 is 1.94 bits per heavy atom. The maximum atomic E-state index is 12.8. The van der Waals surface area contributed by atoms with E-state index in [1.165, 1.54) is 22.0 Å². The molecule has 3 N–H and O–H groups in total. The van der Waals surface area contributed by atoms with Gasteiger partial charge in [-0.05, 0) is 39.5 Å². The molecule has 0 aliphatic rings. The minimum Gasteiger partial charge on any atom is -0.378 e. The van der Waals surface area contributed by atoms with E-state index >= 15 is 0 Å². The average molecular weight is 463 g/mol. The predicted octanol–water partition coefficient (Wildman–Crippen LogP) is 3.41. The van der Waals surface area contributed by atoms with Gasteiger partial charge in [0.2, 0.25) is 11.6 Å². The van der Waals surface area contributed by atoms with Crippen molar-refractivity contribution in [2.24, 2.45) is 5.10 Å². The number of hydrogen-bond donors (Lipinski definition) is 2. The van der Waals surface area contributed by atoms with E-state index in [9.17, 15) is 4.79 Å². The van der Waals surface area contributed by atoms with Gasteiger partial charge in [-0.3, -0.25) is 4.79 Å². The van der Waals surface area contributed by atoms with Gasteiger partial charge in [0, 0.05) is 10.6 Å². The maximum absolute atomic E-state index is 12.8. The van der Waals surface area contributed by atoms with Gasteiger partial charge in [-0.2, -0.15) is 9.78 Å². The van der Waals surface area contributed by atoms with E-state index < -0.39 is 5.91 Å². The van der Waals surface area contributed by atoms with Crippen molar-refractivity contribution >= 4 is 29.7 Å². The van der Waals surface area contributed by atoms with Crippen molar-refractivity contribution in [3.63, 3.8) is 0 Å². The second kappa shape index (κ2) is 10.1. The van der Waals surface area contributed by atoms with Crippen LogP contribution in [0.5, 0.6) is 0 Å². The first kappa shape index (κ1) is 22.2. The average Bonchev–Trinajstić information content (AvgIpc) is 3.44. The predicted molar refractivity (Wildman–Crippen MR) is 125 cm³/mol. The summed E-state index contributed by atoms with van der Waals surface area (Å²) in [5, 5.41) is 19.5. The zero-order valence-electron chi connectivity index (χ0n) is 18.0. The third kappa shape index (κ3) is 5.26. The summed E-state index contributed by atoms with van der Waals surface area (Å²) in [7, 11) is 0. The molecule has 0 saturated carbocycles. The van der Waals surface area contributed by atoms with E-state index in [4.69, 9.17) is 5.73 Å². The van der Waals surface area contributed by atoms with Gasteiger partial charge < -0.3 is 5.73 Å². The lowest BCUT2D eigenvalue weighted by Gasteiger charge is -2.06. The Hall–Kier alpha value is -3.99. The summed E-state index contributed by atoms with van der Waals surface area (Å²) in [6, 6.07) is 17.7. The number of benzene rings is 2. The van der Waals surface area contributed by atoms with Crippen LogP contribution in [-0.4, -0.2) is 37.4 Å². The number of carbonyl (C=O) groups excluding carboxylic acids is 1. The topological polar surface area (TPSA) is 137 Å². The van der Waals surface area contributed by atoms with Crippen molar-refractivity contribution in [3.05, 3.63) is 77.1 Å². The fourth-order valence-electron chi connectivity index (χ4n) is 2.97. The molecule has 0 radical (unpaired) electrons. The monoisotopic (exact) mass is 462 g/mol. The summed E-state index contributed by atoms with van der Waals surface area (Å²) in [6.07, 6.45) is 1.57. The Kier molecular flexibility index (Phi) is 6.79. The van der Waals surface area contributed by atoms with Crippen LogP contribution in [0.4, 0.5) is 5.82 Å². The summed E-state index contributed by atoms with van der Waals surface area (Å²) in [5.74, 6) is 0.529. The van der Waals surface area contributed by atoms with Gasteiger partial charge in [0.1, 0.15) is 0 Å². The molecular weight excluding hydrogens is 440 g/mol. The molecule has 33 heavy (non-hydrogen) atoms. The number of hydrogen-bond acceptors (Lipinski definition) is 9. The molecule has 0 saturated heterocycles. The molecule has 0 bridgehead atoms. The lowest BCUT2D eigenvalue weighted by atomic mass is 10.0. The molecule has 11 heteroatoms. The van der Waals surface area contributed by atoms with E-state index in [-0.39, 0.29) is 17.3 Å². The van der Waals surface area contributed by atoms with E-state index in [1.54, 1.807) is 6.21 Å². The third-order valence-electron chi connectivity index (χ3n) is 4.78. The van der Waals surface area contributed by atoms with Gasteiger partial charge in [0.25, 0.3) is 5.91 Å². The first-order valence-electron chi connectivity index (χ1n) is 10.2. The fourth-order valence-corrected chi connectivity index (χ4v) is 3.88. The van der Waals surface area contributed by atoms with Crippen LogP contribution < -0.4 is 11.2 Å². The zero-order chi connectivity index (χ0) is 23.2. The second-order valence-corrected chi connectivity index (χ2v) is 8.44. The van der Waals surface area contributed by atoms with Crippen molar-refractivity contribution in [2.45, 2.75) is 30.4 Å². The molecule has 4 aromatic rings. The number of nitrogen functional groups attached to an aromatic ring is 1. The molecule has 168 valence electrons. The van der Waals surface area contributed by atoms with E-state index in [0.29, 0.717) is 17.4 Å². The minimum absolute atomic E-state index is 0.0423. The highest BCUT2D eigenvalue weighted by molar-refractivity contribution is 7.98. The SMILES string of the molecule is CC(C)c1ccc(C=NNC(=O)c2nnn(-c3nonc3N)c2CSc2ccccc2)cc1.